The number of H-pyrrole nitrogens is 1. The molecule has 31 heavy (non-hydrogen) atoms. The standard InChI is InChI=1S/C22H20FN5O3/c23-15-3-1-13(2-4-15)7-19(22(31)28-6-5-17(29)12-28)27-21(30)18-9-14-8-16(10-24)25-11-20(14)26-18/h1-4,8-9,11,17,19,26,29H,5-7,12H2,(H,27,30)/t17-,19+/m1/s1. The Morgan fingerprint density at radius 3 is 2.81 bits per heavy atom. The summed E-state index contributed by atoms with van der Waals surface area (Å²) in [6.07, 6.45) is 1.55. The normalized spacial score (nSPS) is 16.8. The number of aliphatic hydroxyl groups is 1. The number of nitriles is 1. The summed E-state index contributed by atoms with van der Waals surface area (Å²) in [6, 6.07) is 9.95. The lowest BCUT2D eigenvalue weighted by molar-refractivity contribution is -0.132. The first-order chi connectivity index (χ1) is 14.9. The van der Waals surface area contributed by atoms with Gasteiger partial charge in [-0.05, 0) is 36.2 Å². The van der Waals surface area contributed by atoms with Crippen LogP contribution in [0.3, 0.4) is 0 Å². The Labute approximate surface area is 177 Å². The second-order valence-corrected chi connectivity index (χ2v) is 7.53. The smallest absolute Gasteiger partial charge is 0.268 e. The minimum absolute atomic E-state index is 0.178. The molecule has 8 nitrogen and oxygen atoms in total. The predicted molar refractivity (Wildman–Crippen MR) is 109 cm³/mol. The number of nitrogens with zero attached hydrogens (tertiary/aromatic N) is 3. The van der Waals surface area contributed by atoms with E-state index in [1.165, 1.54) is 23.2 Å². The van der Waals surface area contributed by atoms with E-state index >= 15 is 0 Å². The zero-order valence-corrected chi connectivity index (χ0v) is 16.5. The fraction of sp³-hybridized carbons (Fsp3) is 0.273. The fourth-order valence-corrected chi connectivity index (χ4v) is 3.67. The van der Waals surface area contributed by atoms with Gasteiger partial charge in [-0.25, -0.2) is 9.37 Å². The maximum absolute atomic E-state index is 13.3. The van der Waals surface area contributed by atoms with Crippen LogP contribution in [0.25, 0.3) is 10.9 Å². The molecule has 4 rings (SSSR count). The van der Waals surface area contributed by atoms with Crippen LogP contribution in [0.15, 0.2) is 42.6 Å². The Bertz CT molecular complexity index is 1170. The monoisotopic (exact) mass is 421 g/mol. The maximum atomic E-state index is 13.3. The molecule has 0 saturated carbocycles. The molecule has 1 fully saturated rings. The number of aromatic amines is 1. The number of β-amino-alcohol motifs (C(OH)–C–C–N with tert-alkyl or cyclic N) is 1. The van der Waals surface area contributed by atoms with E-state index in [2.05, 4.69) is 15.3 Å². The van der Waals surface area contributed by atoms with Crippen molar-refractivity contribution in [2.24, 2.45) is 0 Å². The minimum atomic E-state index is -0.887. The van der Waals surface area contributed by atoms with Crippen LogP contribution in [0.5, 0.6) is 0 Å². The van der Waals surface area contributed by atoms with Crippen molar-refractivity contribution >= 4 is 22.7 Å². The molecule has 158 valence electrons. The molecular weight excluding hydrogens is 401 g/mol. The molecule has 0 spiro atoms. The molecule has 1 aromatic carbocycles. The first-order valence-electron chi connectivity index (χ1n) is 9.84. The average molecular weight is 421 g/mol. The summed E-state index contributed by atoms with van der Waals surface area (Å²) >= 11 is 0. The number of carbonyl (C=O) groups is 2. The van der Waals surface area contributed by atoms with E-state index in [1.807, 2.05) is 6.07 Å². The molecule has 0 bridgehead atoms. The number of halogens is 1. The SMILES string of the molecule is N#Cc1cc2cc(C(=O)N[C@@H](Cc3ccc(F)cc3)C(=O)N3CC[C@@H](O)C3)[nH]c2cn1. The van der Waals surface area contributed by atoms with E-state index in [1.54, 1.807) is 24.3 Å². The molecule has 1 saturated heterocycles. The van der Waals surface area contributed by atoms with Gasteiger partial charge in [0.25, 0.3) is 5.91 Å². The summed E-state index contributed by atoms with van der Waals surface area (Å²) in [6.45, 7) is 0.619. The molecule has 2 amide bonds. The van der Waals surface area contributed by atoms with Crippen molar-refractivity contribution < 1.29 is 19.1 Å². The second-order valence-electron chi connectivity index (χ2n) is 7.53. The van der Waals surface area contributed by atoms with Crippen LogP contribution < -0.4 is 5.32 Å². The van der Waals surface area contributed by atoms with Crippen molar-refractivity contribution in [1.29, 1.82) is 5.26 Å². The van der Waals surface area contributed by atoms with E-state index in [-0.39, 0.29) is 36.1 Å². The number of rotatable bonds is 5. The van der Waals surface area contributed by atoms with Crippen molar-refractivity contribution in [3.63, 3.8) is 0 Å². The fourth-order valence-electron chi connectivity index (χ4n) is 3.67. The Morgan fingerprint density at radius 2 is 2.13 bits per heavy atom. The Morgan fingerprint density at radius 1 is 1.35 bits per heavy atom. The van der Waals surface area contributed by atoms with Gasteiger partial charge in [0, 0.05) is 24.9 Å². The third-order valence-electron chi connectivity index (χ3n) is 5.30. The van der Waals surface area contributed by atoms with Gasteiger partial charge in [0.1, 0.15) is 29.3 Å². The molecule has 3 N–H and O–H groups in total. The highest BCUT2D eigenvalue weighted by Gasteiger charge is 2.31. The Balaban J connectivity index is 1.57. The number of likely N-dealkylation sites (tertiary alicyclic amines) is 1. The number of hydrogen-bond acceptors (Lipinski definition) is 5. The lowest BCUT2D eigenvalue weighted by Crippen LogP contribution is -2.49. The van der Waals surface area contributed by atoms with Crippen LogP contribution in [-0.2, 0) is 11.2 Å². The zero-order valence-electron chi connectivity index (χ0n) is 16.5. The number of amides is 2. The van der Waals surface area contributed by atoms with Crippen molar-refractivity contribution in [3.8, 4) is 6.07 Å². The third kappa shape index (κ3) is 4.54. The van der Waals surface area contributed by atoms with Gasteiger partial charge >= 0.3 is 0 Å². The Kier molecular flexibility index (Phi) is 5.64. The summed E-state index contributed by atoms with van der Waals surface area (Å²) in [5, 5.41) is 22.2. The molecular formula is C22H20FN5O3. The molecule has 2 atom stereocenters. The molecule has 2 aromatic heterocycles. The number of fused-ring (bicyclic) bond motifs is 1. The highest BCUT2D eigenvalue weighted by Crippen LogP contribution is 2.17. The number of aliphatic hydroxyl groups excluding tert-OH is 1. The molecule has 1 aliphatic heterocycles. The minimum Gasteiger partial charge on any atom is -0.391 e. The van der Waals surface area contributed by atoms with Crippen LogP contribution in [0.2, 0.25) is 0 Å². The first-order valence-corrected chi connectivity index (χ1v) is 9.84. The zero-order chi connectivity index (χ0) is 22.0. The van der Waals surface area contributed by atoms with Gasteiger partial charge in [-0.2, -0.15) is 5.26 Å². The second kappa shape index (κ2) is 8.53. The van der Waals surface area contributed by atoms with E-state index in [9.17, 15) is 19.1 Å². The van der Waals surface area contributed by atoms with Gasteiger partial charge in [-0.1, -0.05) is 12.1 Å². The van der Waals surface area contributed by atoms with Gasteiger partial charge in [0.05, 0.1) is 17.8 Å². The summed E-state index contributed by atoms with van der Waals surface area (Å²) < 4.78 is 13.3. The van der Waals surface area contributed by atoms with Crippen LogP contribution in [-0.4, -0.2) is 57.0 Å². The Hall–Kier alpha value is -3.77. The van der Waals surface area contributed by atoms with Gasteiger partial charge < -0.3 is 20.3 Å². The maximum Gasteiger partial charge on any atom is 0.268 e. The topological polar surface area (TPSA) is 122 Å². The van der Waals surface area contributed by atoms with E-state index in [0.29, 0.717) is 29.4 Å². The van der Waals surface area contributed by atoms with E-state index in [0.717, 1.165) is 0 Å². The average Bonchev–Trinajstić information content (AvgIpc) is 3.39. The predicted octanol–water partition coefficient (Wildman–Crippen LogP) is 1.51. The number of pyridine rings is 1. The van der Waals surface area contributed by atoms with Crippen LogP contribution in [0.4, 0.5) is 4.39 Å². The van der Waals surface area contributed by atoms with Crippen LogP contribution >= 0.6 is 0 Å². The lowest BCUT2D eigenvalue weighted by Gasteiger charge is -2.24. The molecule has 3 aromatic rings. The van der Waals surface area contributed by atoms with E-state index < -0.39 is 18.1 Å². The van der Waals surface area contributed by atoms with E-state index in [4.69, 9.17) is 5.26 Å². The van der Waals surface area contributed by atoms with Crippen LogP contribution in [0.1, 0.15) is 28.2 Å². The van der Waals surface area contributed by atoms with Gasteiger partial charge in [-0.3, -0.25) is 9.59 Å². The molecule has 0 unspecified atom stereocenters. The van der Waals surface area contributed by atoms with Crippen molar-refractivity contribution in [2.45, 2.75) is 25.0 Å². The van der Waals surface area contributed by atoms with Crippen molar-refractivity contribution in [1.82, 2.24) is 20.2 Å². The highest BCUT2D eigenvalue weighted by atomic mass is 19.1. The molecule has 3 heterocycles. The van der Waals surface area contributed by atoms with Crippen molar-refractivity contribution in [3.05, 3.63) is 65.4 Å². The summed E-state index contributed by atoms with van der Waals surface area (Å²) in [7, 11) is 0. The van der Waals surface area contributed by atoms with Gasteiger partial charge in [0.15, 0.2) is 0 Å². The van der Waals surface area contributed by atoms with Crippen LogP contribution in [0, 0.1) is 17.1 Å². The number of benzene rings is 1. The van der Waals surface area contributed by atoms with Gasteiger partial charge in [-0.15, -0.1) is 0 Å². The lowest BCUT2D eigenvalue weighted by atomic mass is 10.0. The molecule has 1 aliphatic rings. The number of carbonyl (C=O) groups excluding carboxylic acids is 2. The highest BCUT2D eigenvalue weighted by molar-refractivity contribution is 6.00. The first kappa shape index (κ1) is 20.5. The third-order valence-corrected chi connectivity index (χ3v) is 5.30. The number of hydrogen-bond donors (Lipinski definition) is 3. The number of aromatic nitrogens is 2. The summed E-state index contributed by atoms with van der Waals surface area (Å²) in [5.74, 6) is -1.18. The largest absolute Gasteiger partial charge is 0.391 e. The molecule has 0 radical (unpaired) electrons. The molecule has 9 heteroatoms. The van der Waals surface area contributed by atoms with Crippen molar-refractivity contribution in [2.75, 3.05) is 13.1 Å². The van der Waals surface area contributed by atoms with Gasteiger partial charge in [0.2, 0.25) is 5.91 Å². The number of nitrogens with one attached hydrogen (secondary N) is 2. The summed E-state index contributed by atoms with van der Waals surface area (Å²) in [5.41, 5.74) is 1.74. The molecule has 0 aliphatic carbocycles. The quantitative estimate of drug-likeness (QED) is 0.576. The summed E-state index contributed by atoms with van der Waals surface area (Å²) in [4.78, 5) is 34.4.